The van der Waals surface area contributed by atoms with Crippen LogP contribution in [-0.4, -0.2) is 256 Å². The predicted octanol–water partition coefficient (Wildman–Crippen LogP) is -5.38. The number of nitrogens with one attached hydrogen (secondary N) is 22. The molecule has 1 aromatic heterocycles. The molecule has 0 spiro atoms. The number of carbonyl (C=O) groups excluding carboxylic acids is 13. The van der Waals surface area contributed by atoms with Crippen molar-refractivity contribution in [3.8, 4) is 0 Å². The van der Waals surface area contributed by atoms with Gasteiger partial charge in [0.25, 0.3) is 5.69 Å². The molecule has 0 aliphatic heterocycles. The second kappa shape index (κ2) is 56.5. The van der Waals surface area contributed by atoms with Crippen LogP contribution in [0.1, 0.15) is 148 Å². The molecule has 0 saturated heterocycles. The number of non-ortho nitro benzene ring substituents is 1. The van der Waals surface area contributed by atoms with Crippen molar-refractivity contribution in [2.75, 3.05) is 45.9 Å². The van der Waals surface area contributed by atoms with Gasteiger partial charge >= 0.3 is 5.97 Å². The number of aromatic amines is 1. The molecule has 12 amide bonds. The van der Waals surface area contributed by atoms with E-state index in [1.807, 2.05) is 0 Å². The van der Waals surface area contributed by atoms with Gasteiger partial charge in [0.05, 0.1) is 24.2 Å². The molecule has 6 rings (SSSR count). The van der Waals surface area contributed by atoms with E-state index < -0.39 is 217 Å². The smallest absolute Gasteiger partial charge is 0.326 e. The molecule has 1 saturated carbocycles. The average molecular weight is 1880 g/mol. The molecule has 0 bridgehead atoms. The largest absolute Gasteiger partial charge is 0.480 e. The number of carboxylic acids is 1. The molecule has 49 heteroatoms. The second-order valence-corrected chi connectivity index (χ2v) is 32.4. The number of aromatic nitrogens is 1. The number of carbonyl (C=O) groups is 14. The highest BCUT2D eigenvalue weighted by Gasteiger charge is 2.39. The number of aliphatic hydroxyl groups is 2. The van der Waals surface area contributed by atoms with Gasteiger partial charge in [-0.2, -0.15) is 0 Å². The van der Waals surface area contributed by atoms with Crippen molar-refractivity contribution in [2.24, 2.45) is 46.1 Å². The number of nitrogens with two attached hydrogens (primary N) is 7. The van der Waals surface area contributed by atoms with Gasteiger partial charge in [0.15, 0.2) is 35.6 Å². The fraction of sp³-hybridized carbons (Fsp3) is 0.477. The van der Waals surface area contributed by atoms with E-state index in [0.717, 1.165) is 18.6 Å². The highest BCUT2D eigenvalue weighted by Crippen LogP contribution is 2.28. The molecule has 135 heavy (non-hydrogen) atoms. The Balaban J connectivity index is 1.30. The number of nitro benzene ring substituents is 1. The Morgan fingerprint density at radius 3 is 1.14 bits per heavy atom. The van der Waals surface area contributed by atoms with Crippen molar-refractivity contribution in [3.05, 3.63) is 147 Å². The minimum Gasteiger partial charge on any atom is -0.480 e. The third-order valence-corrected chi connectivity index (χ3v) is 21.9. The Kier molecular flexibility index (Phi) is 45.5. The molecule has 0 unspecified atom stereocenters. The SMILES string of the molecule is N=C(N)NCCC[C@@H](NC(=O)[C@@H](CCCNC(=N)N)NC(=O)[C@@H](CCC(N)=O)NC(=O)[C@@H](CCCNC(=N)N)NC(=O)[C@@H](CCCNC(=N)N)NC(=O)[C@@H](CCCNC(=N)N)NC(=O)[C@@H](CC1CCCCC1)NC(=O)[C@@H](Cc1ccc([N+](=O)[O-])cc1)NC(=O)[C@@H](CO)NC(=O)[C@@H](Cc1c[nH]c2ccccc12)NC(=O)[C@@H](CO)NC(=O)[C@H](N)Cc1ccc(C(=O)c2ccccc2)cc1)C(=O)O. The van der Waals surface area contributed by atoms with Gasteiger partial charge in [-0.25, -0.2) is 4.79 Å². The number of primary amides is 1. The number of rotatable bonds is 59. The number of hydrogen-bond acceptors (Lipinski definition) is 24. The summed E-state index contributed by atoms with van der Waals surface area (Å²) in [4.78, 5) is 214. The quantitative estimate of drug-likeness (QED) is 0.00431. The van der Waals surface area contributed by atoms with E-state index in [4.69, 9.17) is 67.2 Å². The monoisotopic (exact) mass is 1880 g/mol. The summed E-state index contributed by atoms with van der Waals surface area (Å²) in [7, 11) is 0. The van der Waals surface area contributed by atoms with Crippen molar-refractivity contribution < 1.29 is 87.4 Å². The van der Waals surface area contributed by atoms with E-state index in [0.29, 0.717) is 58.8 Å². The standard InChI is InChI=1S/C86H126N30O19/c87-55(40-48-25-29-51(30-26-48)69(120)50-16-5-2-6-17-50)70(121)114-66(45-117)79(130)113-65(43-52-44-104-56-19-8-7-18-54(52)56)78(129)115-67(46-118)80(131)112-64(42-49-27-31-53(32-28-49)116(134)135)77(128)111-63(41-47-14-3-1-4-15-47)76(127)108-59(22-11-37-101-84(93)94)72(123)105-57(20-9-35-99-82(89)90)71(122)106-58(21-10-36-100-83(91)92)73(124)109-61(33-34-68(88)119)75(126)107-60(23-12-38-102-85(95)96)74(125)110-62(81(132)133)24-13-39-103-86(97)98/h2,5-8,16-19,25-32,44,47,55,57-67,104,117-118H,1,3-4,9-15,20-24,33-43,45-46,87H2,(H2,88,119)(H,105,123)(H,106,122)(H,107,126)(H,108,127)(H,109,124)(H,110,125)(H,111,128)(H,112,131)(H,113,130)(H,114,121)(H,115,129)(H,132,133)(H4,89,90,99)(H4,91,92,100)(H4,93,94,101)(H4,95,96,102)(H4,97,98,103)/t55-,57-,58-,59-,60-,61-,62-,63-,64-,65-,66-,67-/m1/s1. The number of hydrogen-bond donors (Lipinski definition) is 32. The fourth-order valence-corrected chi connectivity index (χ4v) is 14.7. The Hall–Kier alpha value is -15.2. The van der Waals surface area contributed by atoms with Gasteiger partial charge in [0, 0.05) is 92.3 Å². The lowest BCUT2D eigenvalue weighted by Gasteiger charge is -2.30. The lowest BCUT2D eigenvalue weighted by Crippen LogP contribution is -2.62. The van der Waals surface area contributed by atoms with Crippen LogP contribution in [0.3, 0.4) is 0 Å². The maximum atomic E-state index is 15.4. The van der Waals surface area contributed by atoms with Gasteiger partial charge in [-0.15, -0.1) is 0 Å². The number of fused-ring (bicyclic) bond motifs is 1. The molecule has 4 aromatic carbocycles. The van der Waals surface area contributed by atoms with Crippen LogP contribution in [0.25, 0.3) is 10.9 Å². The minimum absolute atomic E-state index is 0.0172. The van der Waals surface area contributed by atoms with Gasteiger partial charge in [0.1, 0.15) is 66.5 Å². The lowest BCUT2D eigenvalue weighted by atomic mass is 9.84. The predicted molar refractivity (Wildman–Crippen MR) is 495 cm³/mol. The van der Waals surface area contributed by atoms with Gasteiger partial charge in [-0.1, -0.05) is 117 Å². The molecule has 12 atom stereocenters. The highest BCUT2D eigenvalue weighted by molar-refractivity contribution is 6.09. The molecule has 0 radical (unpaired) electrons. The van der Waals surface area contributed by atoms with E-state index in [9.17, 15) is 73.4 Å². The molecule has 1 heterocycles. The molecular weight excluding hydrogens is 1760 g/mol. The summed E-state index contributed by atoms with van der Waals surface area (Å²) in [6.07, 6.45) is 1.41. The number of para-hydroxylation sites is 1. The number of carboxylic acid groups (broad SMARTS) is 1. The first-order chi connectivity index (χ1) is 64.3. The number of aliphatic hydroxyl groups excluding tert-OH is 2. The Morgan fingerprint density at radius 1 is 0.393 bits per heavy atom. The third-order valence-electron chi connectivity index (χ3n) is 21.9. The summed E-state index contributed by atoms with van der Waals surface area (Å²) in [6, 6.07) is 6.64. The van der Waals surface area contributed by atoms with Crippen LogP contribution >= 0.6 is 0 Å². The average Bonchev–Trinajstić information content (AvgIpc) is 1.56. The summed E-state index contributed by atoms with van der Waals surface area (Å²) in [5, 5.41) is 123. The molecule has 1 aliphatic carbocycles. The number of ketones is 1. The Bertz CT molecular complexity index is 4920. The molecule has 734 valence electrons. The van der Waals surface area contributed by atoms with Crippen LogP contribution < -0.4 is 125 Å². The Labute approximate surface area is 776 Å². The van der Waals surface area contributed by atoms with Crippen LogP contribution in [0.15, 0.2) is 109 Å². The fourth-order valence-electron chi connectivity index (χ4n) is 14.7. The number of nitro groups is 1. The number of nitrogens with zero attached hydrogens (tertiary/aromatic N) is 1. The van der Waals surface area contributed by atoms with Gasteiger partial charge < -0.3 is 146 Å². The van der Waals surface area contributed by atoms with E-state index >= 15 is 19.2 Å². The number of aliphatic carboxylic acids is 1. The third kappa shape index (κ3) is 38.7. The molecular formula is C86H126N30O19. The highest BCUT2D eigenvalue weighted by atomic mass is 16.6. The number of amides is 12. The van der Waals surface area contributed by atoms with Crippen molar-refractivity contribution in [1.82, 2.24) is 90.1 Å². The summed E-state index contributed by atoms with van der Waals surface area (Å²) in [5.41, 5.74) is 41.7. The first kappa shape index (κ1) is 109. The van der Waals surface area contributed by atoms with Crippen molar-refractivity contribution in [2.45, 2.75) is 207 Å². The lowest BCUT2D eigenvalue weighted by molar-refractivity contribution is -0.384. The van der Waals surface area contributed by atoms with Crippen LogP contribution in [-0.2, 0) is 81.6 Å². The van der Waals surface area contributed by atoms with Gasteiger partial charge in [-0.3, -0.25) is 99.5 Å². The molecule has 1 aliphatic rings. The first-order valence-corrected chi connectivity index (χ1v) is 44.0. The number of H-pyrrole nitrogens is 1. The van der Waals surface area contributed by atoms with Crippen molar-refractivity contribution >= 4 is 129 Å². The zero-order chi connectivity index (χ0) is 99.2. The van der Waals surface area contributed by atoms with Crippen LogP contribution in [0, 0.1) is 43.1 Å². The van der Waals surface area contributed by atoms with Crippen LogP contribution in [0.4, 0.5) is 5.69 Å². The van der Waals surface area contributed by atoms with Crippen LogP contribution in [0.2, 0.25) is 0 Å². The summed E-state index contributed by atoms with van der Waals surface area (Å²) in [6.45, 7) is -2.41. The molecule has 1 fully saturated rings. The van der Waals surface area contributed by atoms with E-state index in [1.165, 1.54) is 12.1 Å². The summed E-state index contributed by atoms with van der Waals surface area (Å²) < 4.78 is 0. The van der Waals surface area contributed by atoms with E-state index in [1.54, 1.807) is 85.1 Å². The molecule has 49 nitrogen and oxygen atoms in total. The van der Waals surface area contributed by atoms with E-state index in [2.05, 4.69) is 90.1 Å². The zero-order valence-electron chi connectivity index (χ0n) is 74.6. The Morgan fingerprint density at radius 2 is 0.726 bits per heavy atom. The molecule has 5 aromatic rings. The number of benzene rings is 4. The normalized spacial score (nSPS) is 14.4. The van der Waals surface area contributed by atoms with Crippen molar-refractivity contribution in [1.29, 1.82) is 27.0 Å². The summed E-state index contributed by atoms with van der Waals surface area (Å²) in [5.74, 6) is -17.0. The van der Waals surface area contributed by atoms with Crippen molar-refractivity contribution in [3.63, 3.8) is 0 Å². The minimum atomic E-state index is -1.97. The van der Waals surface area contributed by atoms with Gasteiger partial charge in [0.2, 0.25) is 70.9 Å². The first-order valence-electron chi connectivity index (χ1n) is 44.0. The van der Waals surface area contributed by atoms with Crippen LogP contribution in [0.5, 0.6) is 0 Å². The summed E-state index contributed by atoms with van der Waals surface area (Å²) >= 11 is 0. The maximum Gasteiger partial charge on any atom is 0.326 e. The van der Waals surface area contributed by atoms with E-state index in [-0.39, 0.29) is 139 Å². The second-order valence-electron chi connectivity index (χ2n) is 32.4. The van der Waals surface area contributed by atoms with Gasteiger partial charge in [-0.05, 0) is 112 Å². The topological polar surface area (TPSA) is 852 Å². The maximum absolute atomic E-state index is 15.4. The molecule has 39 N–H and O–H groups in total. The zero-order valence-corrected chi connectivity index (χ0v) is 74.6. The number of guanidine groups is 5.